The molecule has 0 aliphatic carbocycles. The van der Waals surface area contributed by atoms with E-state index in [1.54, 1.807) is 30.3 Å². The third kappa shape index (κ3) is 3.26. The monoisotopic (exact) mass is 434 g/mol. The van der Waals surface area contributed by atoms with E-state index in [1.807, 2.05) is 12.1 Å². The fourth-order valence-electron chi connectivity index (χ4n) is 2.79. The minimum absolute atomic E-state index is 0.0515. The molecule has 1 aromatic carbocycles. The first-order chi connectivity index (χ1) is 12.5. The average Bonchev–Trinajstić information content (AvgIpc) is 3.29. The molecule has 1 aliphatic rings. The zero-order chi connectivity index (χ0) is 18.3. The van der Waals surface area contributed by atoms with Crippen molar-refractivity contribution in [1.29, 1.82) is 0 Å². The third-order valence-corrected chi connectivity index (χ3v) is 5.79. The second kappa shape index (κ2) is 6.84. The van der Waals surface area contributed by atoms with Gasteiger partial charge in [0.1, 0.15) is 6.54 Å². The van der Waals surface area contributed by atoms with Crippen molar-refractivity contribution in [2.24, 2.45) is 0 Å². The van der Waals surface area contributed by atoms with Gasteiger partial charge in [-0.2, -0.15) is 4.98 Å². The van der Waals surface area contributed by atoms with Crippen molar-refractivity contribution in [2.45, 2.75) is 31.3 Å². The number of aryl methyl sites for hydroxylation is 1. The summed E-state index contributed by atoms with van der Waals surface area (Å²) < 4.78 is 7.54. The van der Waals surface area contributed by atoms with Gasteiger partial charge in [-0.25, -0.2) is 4.68 Å². The summed E-state index contributed by atoms with van der Waals surface area (Å²) in [6.07, 6.45) is 0. The van der Waals surface area contributed by atoms with Crippen LogP contribution in [0.15, 0.2) is 32.1 Å². The Morgan fingerprint density at radius 2 is 2.31 bits per heavy atom. The molecule has 0 saturated heterocycles. The van der Waals surface area contributed by atoms with Gasteiger partial charge in [0, 0.05) is 22.0 Å². The second-order valence-corrected chi connectivity index (χ2v) is 7.91. The molecule has 0 radical (unpaired) electrons. The molecule has 10 heteroatoms. The molecule has 3 aromatic rings. The van der Waals surface area contributed by atoms with Crippen molar-refractivity contribution in [2.75, 3.05) is 5.75 Å². The Hall–Kier alpha value is -2.20. The van der Waals surface area contributed by atoms with Gasteiger partial charge in [0.15, 0.2) is 11.5 Å². The summed E-state index contributed by atoms with van der Waals surface area (Å²) in [6, 6.07) is 6.06. The summed E-state index contributed by atoms with van der Waals surface area (Å²) in [5.41, 5.74) is 2.08. The molecule has 0 bridgehead atoms. The molecule has 0 saturated carbocycles. The van der Waals surface area contributed by atoms with Gasteiger partial charge >= 0.3 is 0 Å². The van der Waals surface area contributed by atoms with E-state index in [4.69, 9.17) is 4.52 Å². The Kier molecular flexibility index (Phi) is 4.53. The average molecular weight is 435 g/mol. The van der Waals surface area contributed by atoms with Gasteiger partial charge < -0.3 is 9.84 Å². The van der Waals surface area contributed by atoms with Crippen LogP contribution in [0.25, 0.3) is 0 Å². The molecule has 26 heavy (non-hydrogen) atoms. The third-order valence-electron chi connectivity index (χ3n) is 4.12. The maximum absolute atomic E-state index is 12.7. The fourth-order valence-corrected chi connectivity index (χ4v) is 4.31. The number of rotatable bonds is 4. The van der Waals surface area contributed by atoms with Gasteiger partial charge in [0.25, 0.3) is 5.91 Å². The van der Waals surface area contributed by atoms with E-state index in [2.05, 4.69) is 47.8 Å². The second-order valence-electron chi connectivity index (χ2n) is 5.93. The van der Waals surface area contributed by atoms with E-state index in [9.17, 15) is 4.79 Å². The van der Waals surface area contributed by atoms with E-state index < -0.39 is 0 Å². The van der Waals surface area contributed by atoms with Crippen LogP contribution in [0.3, 0.4) is 0 Å². The summed E-state index contributed by atoms with van der Waals surface area (Å²) in [6.45, 7) is 3.83. The molecule has 0 fully saturated rings. The first-order valence-electron chi connectivity index (χ1n) is 7.93. The molecule has 3 heterocycles. The highest BCUT2D eigenvalue weighted by molar-refractivity contribution is 9.10. The minimum atomic E-state index is -0.239. The van der Waals surface area contributed by atoms with Crippen LogP contribution in [0, 0.1) is 13.8 Å². The van der Waals surface area contributed by atoms with Crippen molar-refractivity contribution in [1.82, 2.24) is 30.5 Å². The summed E-state index contributed by atoms with van der Waals surface area (Å²) in [5, 5.41) is 15.0. The van der Waals surface area contributed by atoms with E-state index >= 15 is 0 Å². The number of carbonyl (C=O) groups excluding carboxylic acids is 1. The van der Waals surface area contributed by atoms with E-state index in [-0.39, 0.29) is 11.9 Å². The van der Waals surface area contributed by atoms with Crippen LogP contribution in [-0.4, -0.2) is 36.8 Å². The minimum Gasteiger partial charge on any atom is -0.343 e. The fraction of sp³-hybridized carbons (Fsp3) is 0.312. The van der Waals surface area contributed by atoms with Crippen LogP contribution in [0.2, 0.25) is 0 Å². The molecular weight excluding hydrogens is 420 g/mol. The highest BCUT2D eigenvalue weighted by atomic mass is 79.9. The molecular formula is C16H15BrN6O2S. The van der Waals surface area contributed by atoms with Crippen LogP contribution in [0.5, 0.6) is 0 Å². The Labute approximate surface area is 161 Å². The molecule has 1 amide bonds. The van der Waals surface area contributed by atoms with E-state index in [1.165, 1.54) is 4.90 Å². The lowest BCUT2D eigenvalue weighted by Gasteiger charge is -2.13. The topological polar surface area (TPSA) is 98.7 Å². The largest absolute Gasteiger partial charge is 0.343 e. The summed E-state index contributed by atoms with van der Waals surface area (Å²) >= 11 is 5.22. The first-order valence-corrected chi connectivity index (χ1v) is 9.71. The van der Waals surface area contributed by atoms with Crippen LogP contribution in [0.4, 0.5) is 0 Å². The number of carbonyl (C=O) groups is 1. The number of aromatic nitrogens is 5. The first kappa shape index (κ1) is 17.2. The molecule has 1 unspecified atom stereocenters. The van der Waals surface area contributed by atoms with Crippen molar-refractivity contribution in [3.05, 3.63) is 51.3 Å². The summed E-state index contributed by atoms with van der Waals surface area (Å²) in [5.74, 6) is 1.54. The van der Waals surface area contributed by atoms with Gasteiger partial charge in [-0.1, -0.05) is 26.3 Å². The smallest absolute Gasteiger partial charge is 0.274 e. The van der Waals surface area contributed by atoms with Crippen molar-refractivity contribution in [3.8, 4) is 0 Å². The molecule has 2 aromatic heterocycles. The molecule has 1 N–H and O–H groups in total. The number of benzene rings is 1. The van der Waals surface area contributed by atoms with E-state index in [0.29, 0.717) is 29.6 Å². The quantitative estimate of drug-likeness (QED) is 0.673. The van der Waals surface area contributed by atoms with Crippen LogP contribution < -0.4 is 5.32 Å². The van der Waals surface area contributed by atoms with Crippen molar-refractivity contribution >= 4 is 33.6 Å². The maximum atomic E-state index is 12.7. The number of halogens is 1. The van der Waals surface area contributed by atoms with Gasteiger partial charge in [0.2, 0.25) is 5.89 Å². The van der Waals surface area contributed by atoms with Crippen molar-refractivity contribution < 1.29 is 9.32 Å². The zero-order valence-corrected chi connectivity index (χ0v) is 16.5. The van der Waals surface area contributed by atoms with Crippen LogP contribution >= 0.6 is 27.7 Å². The van der Waals surface area contributed by atoms with Gasteiger partial charge in [-0.3, -0.25) is 4.79 Å². The van der Waals surface area contributed by atoms with E-state index in [0.717, 1.165) is 15.8 Å². The molecule has 4 rings (SSSR count). The Balaban J connectivity index is 1.50. The molecule has 0 spiro atoms. The number of hydrogen-bond acceptors (Lipinski definition) is 7. The predicted molar refractivity (Wildman–Crippen MR) is 98.0 cm³/mol. The number of fused-ring (bicyclic) bond motifs is 1. The number of hydrogen-bond donors (Lipinski definition) is 1. The summed E-state index contributed by atoms with van der Waals surface area (Å²) in [7, 11) is 0. The number of amides is 1. The highest BCUT2D eigenvalue weighted by Crippen LogP contribution is 2.39. The lowest BCUT2D eigenvalue weighted by atomic mass is 10.1. The Bertz CT molecular complexity index is 985. The zero-order valence-electron chi connectivity index (χ0n) is 14.1. The van der Waals surface area contributed by atoms with Gasteiger partial charge in [-0.15, -0.1) is 16.9 Å². The SMILES string of the molecule is Cc1nc(Cn2nnc(C(=O)NC3CSc4ccc(Br)cc43)c2C)no1. The lowest BCUT2D eigenvalue weighted by Crippen LogP contribution is -2.29. The number of nitrogens with one attached hydrogen (secondary N) is 1. The highest BCUT2D eigenvalue weighted by Gasteiger charge is 2.27. The summed E-state index contributed by atoms with van der Waals surface area (Å²) in [4.78, 5) is 18.0. The van der Waals surface area contributed by atoms with Crippen molar-refractivity contribution in [3.63, 3.8) is 0 Å². The Morgan fingerprint density at radius 3 is 3.08 bits per heavy atom. The Morgan fingerprint density at radius 1 is 1.46 bits per heavy atom. The predicted octanol–water partition coefficient (Wildman–Crippen LogP) is 2.67. The van der Waals surface area contributed by atoms with Gasteiger partial charge in [0.05, 0.1) is 11.7 Å². The number of nitrogens with zero attached hydrogens (tertiary/aromatic N) is 5. The molecule has 1 atom stereocenters. The lowest BCUT2D eigenvalue weighted by molar-refractivity contribution is 0.0935. The normalized spacial score (nSPS) is 15.9. The van der Waals surface area contributed by atoms with Crippen LogP contribution in [-0.2, 0) is 6.54 Å². The molecule has 1 aliphatic heterocycles. The van der Waals surface area contributed by atoms with Gasteiger partial charge in [-0.05, 0) is 30.7 Å². The number of thioether (sulfide) groups is 1. The standard InChI is InChI=1S/C16H15BrN6O2S/c1-8-15(20-22-23(8)6-14-18-9(2)25-21-14)16(24)19-12-7-26-13-4-3-10(17)5-11(12)13/h3-5,12H,6-7H2,1-2H3,(H,19,24). The maximum Gasteiger partial charge on any atom is 0.274 e. The molecule has 134 valence electrons. The molecule has 8 nitrogen and oxygen atoms in total. The van der Waals surface area contributed by atoms with Crippen LogP contribution in [0.1, 0.15) is 39.5 Å².